The molecule has 120 valence electrons. The Morgan fingerprint density at radius 3 is 3.00 bits per heavy atom. The lowest BCUT2D eigenvalue weighted by atomic mass is 10.3. The van der Waals surface area contributed by atoms with Crippen molar-refractivity contribution in [3.63, 3.8) is 0 Å². The summed E-state index contributed by atoms with van der Waals surface area (Å²) in [5.74, 6) is 0.948. The average molecular weight is 337 g/mol. The smallest absolute Gasteiger partial charge is 0.169 e. The van der Waals surface area contributed by atoms with E-state index >= 15 is 0 Å². The summed E-state index contributed by atoms with van der Waals surface area (Å²) in [6.45, 7) is 0.621. The molecule has 0 atom stereocenters. The summed E-state index contributed by atoms with van der Waals surface area (Å²) < 4.78 is 1.73. The summed E-state index contributed by atoms with van der Waals surface area (Å²) in [4.78, 5) is 15.3. The van der Waals surface area contributed by atoms with Crippen LogP contribution in [-0.4, -0.2) is 24.7 Å². The number of hydrogen-bond acceptors (Lipinski definition) is 7. The molecule has 0 aliphatic carbocycles. The van der Waals surface area contributed by atoms with Crippen molar-refractivity contribution in [2.45, 2.75) is 6.54 Å². The number of nitrogens with two attached hydrogens (primary N) is 1. The van der Waals surface area contributed by atoms with Gasteiger partial charge in [-0.3, -0.25) is 4.68 Å². The maximum Gasteiger partial charge on any atom is 0.169 e. The number of aromatic nitrogens is 5. The van der Waals surface area contributed by atoms with Crippen LogP contribution in [0, 0.1) is 0 Å². The van der Waals surface area contributed by atoms with Crippen molar-refractivity contribution in [1.82, 2.24) is 24.7 Å². The van der Waals surface area contributed by atoms with E-state index in [0.29, 0.717) is 18.2 Å². The molecule has 0 aliphatic rings. The molecule has 4 rings (SSSR count). The number of anilines is 2. The Hall–Kier alpha value is -3.00. The average Bonchev–Trinajstić information content (AvgIpc) is 3.20. The van der Waals surface area contributed by atoms with Gasteiger partial charge in [-0.2, -0.15) is 5.10 Å². The highest BCUT2D eigenvalue weighted by Gasteiger charge is 2.09. The Labute approximate surface area is 142 Å². The molecule has 3 N–H and O–H groups in total. The standard InChI is InChI=1S/C16H15N7S/c1-23-9-11(6-21-23)13-8-19-14(17)15(22-13)20-7-12-5-10-3-2-4-18-16(10)24-12/h2-6,8-9H,7H2,1H3,(H2,17,19)(H,20,22). The van der Waals surface area contributed by atoms with Gasteiger partial charge in [0.1, 0.15) is 4.83 Å². The van der Waals surface area contributed by atoms with Crippen molar-refractivity contribution in [2.24, 2.45) is 7.05 Å². The molecule has 0 unspecified atom stereocenters. The lowest BCUT2D eigenvalue weighted by Gasteiger charge is -2.07. The van der Waals surface area contributed by atoms with Crippen molar-refractivity contribution in [3.05, 3.63) is 47.9 Å². The van der Waals surface area contributed by atoms with E-state index in [1.54, 1.807) is 34.6 Å². The van der Waals surface area contributed by atoms with Gasteiger partial charge >= 0.3 is 0 Å². The third-order valence-corrected chi connectivity index (χ3v) is 4.64. The van der Waals surface area contributed by atoms with Crippen LogP contribution in [0.2, 0.25) is 0 Å². The molecule has 0 radical (unpaired) electrons. The maximum absolute atomic E-state index is 5.95. The summed E-state index contributed by atoms with van der Waals surface area (Å²) in [5.41, 5.74) is 7.58. The van der Waals surface area contributed by atoms with Crippen LogP contribution in [0.3, 0.4) is 0 Å². The van der Waals surface area contributed by atoms with Gasteiger partial charge in [-0.1, -0.05) is 6.07 Å². The maximum atomic E-state index is 5.95. The second kappa shape index (κ2) is 5.89. The molecular formula is C16H15N7S. The molecule has 0 aromatic carbocycles. The van der Waals surface area contributed by atoms with Crippen molar-refractivity contribution in [1.29, 1.82) is 0 Å². The van der Waals surface area contributed by atoms with Crippen molar-refractivity contribution >= 4 is 33.2 Å². The normalized spacial score (nSPS) is 11.0. The lowest BCUT2D eigenvalue weighted by Crippen LogP contribution is -2.06. The fourth-order valence-corrected chi connectivity index (χ4v) is 3.34. The molecule has 8 heteroatoms. The zero-order valence-corrected chi connectivity index (χ0v) is 13.8. The second-order valence-electron chi connectivity index (χ2n) is 5.36. The van der Waals surface area contributed by atoms with Crippen molar-refractivity contribution in [2.75, 3.05) is 11.1 Å². The van der Waals surface area contributed by atoms with Gasteiger partial charge in [-0.05, 0) is 12.1 Å². The number of hydrogen-bond donors (Lipinski definition) is 2. The molecule has 4 aromatic rings. The number of pyridine rings is 1. The highest BCUT2D eigenvalue weighted by Crippen LogP contribution is 2.25. The van der Waals surface area contributed by atoms with Crippen molar-refractivity contribution in [3.8, 4) is 11.3 Å². The highest BCUT2D eigenvalue weighted by molar-refractivity contribution is 7.18. The van der Waals surface area contributed by atoms with Crippen LogP contribution in [-0.2, 0) is 13.6 Å². The molecule has 4 aromatic heterocycles. The number of nitrogens with zero attached hydrogens (tertiary/aromatic N) is 5. The predicted octanol–water partition coefficient (Wildman–Crippen LogP) is 2.68. The first-order valence-corrected chi connectivity index (χ1v) is 8.19. The minimum absolute atomic E-state index is 0.377. The molecule has 0 bridgehead atoms. The van der Waals surface area contributed by atoms with E-state index in [2.05, 4.69) is 37.5 Å². The largest absolute Gasteiger partial charge is 0.381 e. The van der Waals surface area contributed by atoms with Gasteiger partial charge in [0.05, 0.1) is 24.6 Å². The second-order valence-corrected chi connectivity index (χ2v) is 6.47. The summed E-state index contributed by atoms with van der Waals surface area (Å²) in [6, 6.07) is 6.11. The Kier molecular flexibility index (Phi) is 3.58. The number of aryl methyl sites for hydroxylation is 1. The van der Waals surface area contributed by atoms with E-state index in [1.807, 2.05) is 19.3 Å². The predicted molar refractivity (Wildman–Crippen MR) is 95.6 cm³/mol. The quantitative estimate of drug-likeness (QED) is 0.594. The molecule has 0 aliphatic heterocycles. The minimum Gasteiger partial charge on any atom is -0.381 e. The minimum atomic E-state index is 0.377. The molecule has 0 fully saturated rings. The molecular weight excluding hydrogens is 322 g/mol. The number of nitrogen functional groups attached to an aromatic ring is 1. The van der Waals surface area contributed by atoms with E-state index in [-0.39, 0.29) is 0 Å². The van der Waals surface area contributed by atoms with Gasteiger partial charge < -0.3 is 11.1 Å². The molecule has 0 spiro atoms. The fourth-order valence-electron chi connectivity index (χ4n) is 2.40. The highest BCUT2D eigenvalue weighted by atomic mass is 32.1. The summed E-state index contributed by atoms with van der Waals surface area (Å²) in [7, 11) is 1.86. The Morgan fingerprint density at radius 2 is 2.21 bits per heavy atom. The lowest BCUT2D eigenvalue weighted by molar-refractivity contribution is 0.768. The van der Waals surface area contributed by atoms with E-state index in [1.165, 1.54) is 0 Å². The van der Waals surface area contributed by atoms with Crippen LogP contribution in [0.5, 0.6) is 0 Å². The Bertz CT molecular complexity index is 972. The number of nitrogens with one attached hydrogen (secondary N) is 1. The summed E-state index contributed by atoms with van der Waals surface area (Å²) in [6.07, 6.45) is 7.10. The molecule has 24 heavy (non-hydrogen) atoms. The van der Waals surface area contributed by atoms with Crippen LogP contribution in [0.15, 0.2) is 43.0 Å². The monoisotopic (exact) mass is 337 g/mol. The van der Waals surface area contributed by atoms with Gasteiger partial charge in [-0.15, -0.1) is 11.3 Å². The van der Waals surface area contributed by atoms with Gasteiger partial charge in [0.25, 0.3) is 0 Å². The molecule has 0 saturated carbocycles. The zero-order valence-electron chi connectivity index (χ0n) is 13.0. The van der Waals surface area contributed by atoms with Gasteiger partial charge in [0, 0.05) is 35.3 Å². The van der Waals surface area contributed by atoms with Gasteiger partial charge in [-0.25, -0.2) is 15.0 Å². The topological polar surface area (TPSA) is 94.5 Å². The van der Waals surface area contributed by atoms with E-state index in [0.717, 1.165) is 26.4 Å². The number of rotatable bonds is 4. The Morgan fingerprint density at radius 1 is 1.29 bits per heavy atom. The van der Waals surface area contributed by atoms with Crippen LogP contribution < -0.4 is 11.1 Å². The van der Waals surface area contributed by atoms with Crippen molar-refractivity contribution < 1.29 is 0 Å². The van der Waals surface area contributed by atoms with Gasteiger partial charge in [0.15, 0.2) is 11.6 Å². The van der Waals surface area contributed by atoms with E-state index in [9.17, 15) is 0 Å². The Balaban J connectivity index is 1.57. The first kappa shape index (κ1) is 14.6. The first-order chi connectivity index (χ1) is 11.7. The van der Waals surface area contributed by atoms with Gasteiger partial charge in [0.2, 0.25) is 0 Å². The number of thiophene rings is 1. The molecule has 7 nitrogen and oxygen atoms in total. The fraction of sp³-hybridized carbons (Fsp3) is 0.125. The van der Waals surface area contributed by atoms with Crippen LogP contribution >= 0.6 is 11.3 Å². The van der Waals surface area contributed by atoms with E-state index in [4.69, 9.17) is 5.73 Å². The number of fused-ring (bicyclic) bond motifs is 1. The van der Waals surface area contributed by atoms with Crippen LogP contribution in [0.25, 0.3) is 21.5 Å². The summed E-state index contributed by atoms with van der Waals surface area (Å²) in [5, 5.41) is 8.56. The molecule has 4 heterocycles. The SMILES string of the molecule is Cn1cc(-c2cnc(N)c(NCc3cc4cccnc4s3)n2)cn1. The van der Waals surface area contributed by atoms with E-state index < -0.39 is 0 Å². The molecule has 0 amide bonds. The van der Waals surface area contributed by atoms with Crippen LogP contribution in [0.4, 0.5) is 11.6 Å². The third-order valence-electron chi connectivity index (χ3n) is 3.58. The molecule has 0 saturated heterocycles. The zero-order chi connectivity index (χ0) is 16.5. The van der Waals surface area contributed by atoms with Crippen LogP contribution in [0.1, 0.15) is 4.88 Å². The summed E-state index contributed by atoms with van der Waals surface area (Å²) >= 11 is 1.65. The third kappa shape index (κ3) is 2.79. The first-order valence-electron chi connectivity index (χ1n) is 7.38.